The molecule has 4 nitrogen and oxygen atoms in total. The SMILES string of the molecule is COc1cccc(C(=O)COc2ccccc2CCO)c1. The van der Waals surface area contributed by atoms with Crippen LogP contribution in [0.2, 0.25) is 0 Å². The molecule has 2 aromatic carbocycles. The van der Waals surface area contributed by atoms with E-state index in [1.807, 2.05) is 18.2 Å². The molecule has 0 atom stereocenters. The van der Waals surface area contributed by atoms with Crippen molar-refractivity contribution in [2.45, 2.75) is 6.42 Å². The standard InChI is InChI=1S/C17H18O4/c1-20-15-7-4-6-14(11-15)16(19)12-21-17-8-3-2-5-13(17)9-10-18/h2-8,11,18H,9-10,12H2,1H3. The second kappa shape index (κ2) is 7.45. The number of methoxy groups -OCH3 is 1. The van der Waals surface area contributed by atoms with Gasteiger partial charge in [0.2, 0.25) is 0 Å². The number of hydrogen-bond donors (Lipinski definition) is 1. The molecule has 0 saturated heterocycles. The second-order valence-corrected chi connectivity index (χ2v) is 4.53. The molecule has 0 unspecified atom stereocenters. The van der Waals surface area contributed by atoms with Crippen molar-refractivity contribution in [3.8, 4) is 11.5 Å². The number of ketones is 1. The van der Waals surface area contributed by atoms with Crippen LogP contribution in [0.1, 0.15) is 15.9 Å². The highest BCUT2D eigenvalue weighted by Gasteiger charge is 2.09. The molecule has 0 saturated carbocycles. The van der Waals surface area contributed by atoms with Crippen LogP contribution < -0.4 is 9.47 Å². The molecule has 110 valence electrons. The van der Waals surface area contributed by atoms with Gasteiger partial charge in [0.15, 0.2) is 12.4 Å². The van der Waals surface area contributed by atoms with Gasteiger partial charge >= 0.3 is 0 Å². The number of carbonyl (C=O) groups excluding carboxylic acids is 1. The Balaban J connectivity index is 2.04. The quantitative estimate of drug-likeness (QED) is 0.795. The molecule has 0 amide bonds. The maximum Gasteiger partial charge on any atom is 0.200 e. The first-order chi connectivity index (χ1) is 10.2. The van der Waals surface area contributed by atoms with Crippen LogP contribution in [-0.4, -0.2) is 31.2 Å². The van der Waals surface area contributed by atoms with Crippen molar-refractivity contribution in [2.24, 2.45) is 0 Å². The van der Waals surface area contributed by atoms with Gasteiger partial charge in [-0.05, 0) is 30.2 Å². The summed E-state index contributed by atoms with van der Waals surface area (Å²) < 4.78 is 10.7. The van der Waals surface area contributed by atoms with Crippen LogP contribution in [-0.2, 0) is 6.42 Å². The number of aliphatic hydroxyl groups excluding tert-OH is 1. The third-order valence-corrected chi connectivity index (χ3v) is 3.10. The van der Waals surface area contributed by atoms with Gasteiger partial charge in [-0.15, -0.1) is 0 Å². The average molecular weight is 286 g/mol. The Labute approximate surface area is 123 Å². The average Bonchev–Trinajstić information content (AvgIpc) is 2.54. The van der Waals surface area contributed by atoms with Crippen LogP contribution in [0.5, 0.6) is 11.5 Å². The molecular formula is C17H18O4. The molecule has 0 bridgehead atoms. The fourth-order valence-corrected chi connectivity index (χ4v) is 1.99. The molecule has 0 aliphatic heterocycles. The summed E-state index contributed by atoms with van der Waals surface area (Å²) in [5, 5.41) is 9.02. The molecular weight excluding hydrogens is 268 g/mol. The number of Topliss-reactive ketones (excluding diaryl/α,β-unsaturated/α-hetero) is 1. The predicted molar refractivity (Wildman–Crippen MR) is 80.1 cm³/mol. The Morgan fingerprint density at radius 3 is 2.71 bits per heavy atom. The Bertz CT molecular complexity index is 607. The fraction of sp³-hybridized carbons (Fsp3) is 0.235. The van der Waals surface area contributed by atoms with E-state index in [4.69, 9.17) is 14.6 Å². The largest absolute Gasteiger partial charge is 0.497 e. The van der Waals surface area contributed by atoms with Gasteiger partial charge in [0, 0.05) is 12.2 Å². The Morgan fingerprint density at radius 2 is 1.95 bits per heavy atom. The third kappa shape index (κ3) is 4.07. The summed E-state index contributed by atoms with van der Waals surface area (Å²) in [7, 11) is 1.56. The zero-order valence-corrected chi connectivity index (χ0v) is 11.9. The highest BCUT2D eigenvalue weighted by atomic mass is 16.5. The first kappa shape index (κ1) is 15.1. The van der Waals surface area contributed by atoms with E-state index in [1.54, 1.807) is 37.4 Å². The predicted octanol–water partition coefficient (Wildman–Crippen LogP) is 2.49. The van der Waals surface area contributed by atoms with E-state index in [-0.39, 0.29) is 19.0 Å². The number of para-hydroxylation sites is 1. The number of benzene rings is 2. The maximum atomic E-state index is 12.1. The molecule has 0 heterocycles. The van der Waals surface area contributed by atoms with Crippen molar-refractivity contribution >= 4 is 5.78 Å². The Hall–Kier alpha value is -2.33. The lowest BCUT2D eigenvalue weighted by molar-refractivity contribution is 0.0920. The van der Waals surface area contributed by atoms with Crippen molar-refractivity contribution < 1.29 is 19.4 Å². The molecule has 2 rings (SSSR count). The van der Waals surface area contributed by atoms with Crippen molar-refractivity contribution in [3.05, 3.63) is 59.7 Å². The molecule has 0 aliphatic rings. The highest BCUT2D eigenvalue weighted by Crippen LogP contribution is 2.19. The summed E-state index contributed by atoms with van der Waals surface area (Å²) >= 11 is 0. The molecule has 0 fully saturated rings. The lowest BCUT2D eigenvalue weighted by Crippen LogP contribution is -2.12. The Kier molecular flexibility index (Phi) is 5.35. The second-order valence-electron chi connectivity index (χ2n) is 4.53. The number of aliphatic hydroxyl groups is 1. The molecule has 4 heteroatoms. The van der Waals surface area contributed by atoms with Crippen molar-refractivity contribution in [3.63, 3.8) is 0 Å². The monoisotopic (exact) mass is 286 g/mol. The molecule has 0 radical (unpaired) electrons. The van der Waals surface area contributed by atoms with Gasteiger partial charge in [-0.1, -0.05) is 30.3 Å². The van der Waals surface area contributed by atoms with Crippen LogP contribution in [0.25, 0.3) is 0 Å². The van der Waals surface area contributed by atoms with Gasteiger partial charge < -0.3 is 14.6 Å². The van der Waals surface area contributed by atoms with E-state index >= 15 is 0 Å². The first-order valence-corrected chi connectivity index (χ1v) is 6.73. The minimum Gasteiger partial charge on any atom is -0.497 e. The topological polar surface area (TPSA) is 55.8 Å². The lowest BCUT2D eigenvalue weighted by atomic mass is 10.1. The number of hydrogen-bond acceptors (Lipinski definition) is 4. The third-order valence-electron chi connectivity index (χ3n) is 3.10. The number of rotatable bonds is 7. The van der Waals surface area contributed by atoms with Gasteiger partial charge in [0.05, 0.1) is 7.11 Å². The summed E-state index contributed by atoms with van der Waals surface area (Å²) in [6.45, 7) is -0.000185. The molecule has 0 aliphatic carbocycles. The van der Waals surface area contributed by atoms with Crippen molar-refractivity contribution in [1.82, 2.24) is 0 Å². The van der Waals surface area contributed by atoms with Crippen molar-refractivity contribution in [2.75, 3.05) is 20.3 Å². The highest BCUT2D eigenvalue weighted by molar-refractivity contribution is 5.97. The van der Waals surface area contributed by atoms with Crippen LogP contribution >= 0.6 is 0 Å². The molecule has 21 heavy (non-hydrogen) atoms. The summed E-state index contributed by atoms with van der Waals surface area (Å²) in [6, 6.07) is 14.4. The number of ether oxygens (including phenoxy) is 2. The summed E-state index contributed by atoms with van der Waals surface area (Å²) in [4.78, 5) is 12.1. The van der Waals surface area contributed by atoms with Gasteiger partial charge in [-0.25, -0.2) is 0 Å². The Morgan fingerprint density at radius 1 is 1.14 bits per heavy atom. The summed E-state index contributed by atoms with van der Waals surface area (Å²) in [5.41, 5.74) is 1.44. The van der Waals surface area contributed by atoms with Crippen LogP contribution in [0.3, 0.4) is 0 Å². The van der Waals surface area contributed by atoms with Crippen LogP contribution in [0.4, 0.5) is 0 Å². The van der Waals surface area contributed by atoms with Gasteiger partial charge in [0.25, 0.3) is 0 Å². The normalized spacial score (nSPS) is 10.2. The van der Waals surface area contributed by atoms with E-state index in [0.717, 1.165) is 5.56 Å². The fourth-order valence-electron chi connectivity index (χ4n) is 1.99. The van der Waals surface area contributed by atoms with Crippen LogP contribution in [0.15, 0.2) is 48.5 Å². The molecule has 0 spiro atoms. The van der Waals surface area contributed by atoms with E-state index in [9.17, 15) is 4.79 Å². The lowest BCUT2D eigenvalue weighted by Gasteiger charge is -2.10. The van der Waals surface area contributed by atoms with E-state index in [2.05, 4.69) is 0 Å². The minimum absolute atomic E-state index is 0.0458. The molecule has 1 N–H and O–H groups in total. The first-order valence-electron chi connectivity index (χ1n) is 6.73. The number of carbonyl (C=O) groups is 1. The van der Waals surface area contributed by atoms with Gasteiger partial charge in [-0.3, -0.25) is 4.79 Å². The summed E-state index contributed by atoms with van der Waals surface area (Å²) in [6.07, 6.45) is 0.503. The van der Waals surface area contributed by atoms with E-state index < -0.39 is 0 Å². The smallest absolute Gasteiger partial charge is 0.200 e. The minimum atomic E-state index is -0.118. The van der Waals surface area contributed by atoms with E-state index in [0.29, 0.717) is 23.5 Å². The van der Waals surface area contributed by atoms with E-state index in [1.165, 1.54) is 0 Å². The van der Waals surface area contributed by atoms with Gasteiger partial charge in [-0.2, -0.15) is 0 Å². The van der Waals surface area contributed by atoms with Gasteiger partial charge in [0.1, 0.15) is 11.5 Å². The maximum absolute atomic E-state index is 12.1. The van der Waals surface area contributed by atoms with Crippen LogP contribution in [0, 0.1) is 0 Å². The molecule has 0 aromatic heterocycles. The molecule has 2 aromatic rings. The van der Waals surface area contributed by atoms with Crippen molar-refractivity contribution in [1.29, 1.82) is 0 Å². The zero-order valence-electron chi connectivity index (χ0n) is 11.9. The summed E-state index contributed by atoms with van der Waals surface area (Å²) in [5.74, 6) is 1.15. The zero-order chi connectivity index (χ0) is 15.1.